The normalized spacial score (nSPS) is 10.7. The topological polar surface area (TPSA) is 84.8 Å². The third kappa shape index (κ3) is 3.26. The van der Waals surface area contributed by atoms with Crippen LogP contribution < -0.4 is 10.1 Å². The number of amides is 1. The number of rotatable bonds is 5. The molecular weight excluding hydrogens is 318 g/mol. The Morgan fingerprint density at radius 2 is 2.08 bits per heavy atom. The lowest BCUT2D eigenvalue weighted by atomic mass is 10.1. The smallest absolute Gasteiger partial charge is 0.273 e. The van der Waals surface area contributed by atoms with E-state index in [0.29, 0.717) is 29.4 Å². The quantitative estimate of drug-likeness (QED) is 0.748. The Hall–Kier alpha value is -3.09. The first-order valence-corrected chi connectivity index (χ1v) is 8.10. The highest BCUT2D eigenvalue weighted by Gasteiger charge is 2.18. The van der Waals surface area contributed by atoms with Crippen molar-refractivity contribution >= 4 is 11.6 Å². The number of aromatic nitrogens is 4. The first-order chi connectivity index (χ1) is 12.0. The predicted molar refractivity (Wildman–Crippen MR) is 95.8 cm³/mol. The fourth-order valence-electron chi connectivity index (χ4n) is 2.75. The van der Waals surface area contributed by atoms with Crippen molar-refractivity contribution < 1.29 is 9.53 Å². The molecule has 0 radical (unpaired) electrons. The van der Waals surface area contributed by atoms with Gasteiger partial charge in [0, 0.05) is 18.3 Å². The number of aryl methyl sites for hydroxylation is 2. The number of carbonyl (C=O) groups excluding carboxylic acids is 1. The molecule has 2 heterocycles. The number of H-pyrrole nitrogens is 1. The van der Waals surface area contributed by atoms with Gasteiger partial charge >= 0.3 is 0 Å². The number of para-hydroxylation sites is 2. The minimum atomic E-state index is -0.273. The van der Waals surface area contributed by atoms with Gasteiger partial charge in [-0.25, -0.2) is 0 Å². The van der Waals surface area contributed by atoms with Crippen molar-refractivity contribution in [2.24, 2.45) is 7.05 Å². The Morgan fingerprint density at radius 3 is 2.76 bits per heavy atom. The Kier molecular flexibility index (Phi) is 4.56. The number of nitrogens with zero attached hydrogens (tertiary/aromatic N) is 3. The fraction of sp³-hybridized carbons (Fsp3) is 0.278. The summed E-state index contributed by atoms with van der Waals surface area (Å²) >= 11 is 0. The average molecular weight is 339 g/mol. The highest BCUT2D eigenvalue weighted by atomic mass is 16.5. The van der Waals surface area contributed by atoms with Crippen LogP contribution in [0.5, 0.6) is 5.75 Å². The van der Waals surface area contributed by atoms with E-state index in [1.54, 1.807) is 16.8 Å². The van der Waals surface area contributed by atoms with Crippen LogP contribution in [0, 0.1) is 13.8 Å². The van der Waals surface area contributed by atoms with Crippen molar-refractivity contribution in [2.45, 2.75) is 20.8 Å². The van der Waals surface area contributed by atoms with E-state index in [4.69, 9.17) is 4.74 Å². The molecule has 2 N–H and O–H groups in total. The van der Waals surface area contributed by atoms with Gasteiger partial charge in [-0.15, -0.1) is 0 Å². The summed E-state index contributed by atoms with van der Waals surface area (Å²) < 4.78 is 7.33. The summed E-state index contributed by atoms with van der Waals surface area (Å²) in [5.41, 5.74) is 4.51. The van der Waals surface area contributed by atoms with Gasteiger partial charge in [-0.05, 0) is 39.0 Å². The summed E-state index contributed by atoms with van der Waals surface area (Å²) in [6.07, 6.45) is 0. The summed E-state index contributed by atoms with van der Waals surface area (Å²) in [6, 6.07) is 9.06. The van der Waals surface area contributed by atoms with E-state index >= 15 is 0 Å². The number of anilines is 1. The maximum absolute atomic E-state index is 12.5. The minimum absolute atomic E-state index is 0.273. The lowest BCUT2D eigenvalue weighted by Gasteiger charge is -2.10. The molecule has 0 aliphatic carbocycles. The van der Waals surface area contributed by atoms with Gasteiger partial charge < -0.3 is 10.1 Å². The highest BCUT2D eigenvalue weighted by Crippen LogP contribution is 2.27. The van der Waals surface area contributed by atoms with Crippen LogP contribution in [0.25, 0.3) is 11.3 Å². The van der Waals surface area contributed by atoms with E-state index in [9.17, 15) is 4.79 Å². The molecule has 1 aromatic carbocycles. The maximum atomic E-state index is 12.5. The number of hydrogen-bond acceptors (Lipinski definition) is 4. The van der Waals surface area contributed by atoms with Crippen molar-refractivity contribution in [3.8, 4) is 17.0 Å². The molecular formula is C18H21N5O2. The summed E-state index contributed by atoms with van der Waals surface area (Å²) in [4.78, 5) is 12.5. The van der Waals surface area contributed by atoms with Crippen LogP contribution in [-0.2, 0) is 7.05 Å². The summed E-state index contributed by atoms with van der Waals surface area (Å²) in [6.45, 7) is 6.33. The van der Waals surface area contributed by atoms with Crippen LogP contribution in [0.4, 0.5) is 5.69 Å². The molecule has 1 amide bonds. The van der Waals surface area contributed by atoms with Crippen LogP contribution in [0.2, 0.25) is 0 Å². The molecule has 0 fully saturated rings. The van der Waals surface area contributed by atoms with Crippen molar-refractivity contribution in [3.63, 3.8) is 0 Å². The minimum Gasteiger partial charge on any atom is -0.492 e. The van der Waals surface area contributed by atoms with Crippen LogP contribution in [0.15, 0.2) is 30.3 Å². The van der Waals surface area contributed by atoms with Gasteiger partial charge in [0.1, 0.15) is 11.4 Å². The predicted octanol–water partition coefficient (Wildman–Crippen LogP) is 3.08. The molecule has 0 aliphatic rings. The summed E-state index contributed by atoms with van der Waals surface area (Å²) in [5.74, 6) is 0.363. The fourth-order valence-corrected chi connectivity index (χ4v) is 2.75. The first kappa shape index (κ1) is 16.8. The van der Waals surface area contributed by atoms with E-state index in [-0.39, 0.29) is 5.91 Å². The second-order valence-electron chi connectivity index (χ2n) is 5.72. The molecule has 25 heavy (non-hydrogen) atoms. The van der Waals surface area contributed by atoms with Gasteiger partial charge in [-0.2, -0.15) is 10.2 Å². The zero-order chi connectivity index (χ0) is 18.0. The number of aromatic amines is 1. The molecule has 130 valence electrons. The van der Waals surface area contributed by atoms with Crippen LogP contribution in [0.1, 0.15) is 28.8 Å². The van der Waals surface area contributed by atoms with Gasteiger partial charge in [0.05, 0.1) is 23.7 Å². The molecule has 0 spiro atoms. The molecule has 0 bridgehead atoms. The van der Waals surface area contributed by atoms with Crippen molar-refractivity contribution in [1.82, 2.24) is 20.0 Å². The van der Waals surface area contributed by atoms with E-state index in [2.05, 4.69) is 20.6 Å². The van der Waals surface area contributed by atoms with Gasteiger partial charge in [-0.1, -0.05) is 12.1 Å². The van der Waals surface area contributed by atoms with Crippen LogP contribution >= 0.6 is 0 Å². The monoisotopic (exact) mass is 339 g/mol. The Balaban J connectivity index is 1.84. The average Bonchev–Trinajstić information content (AvgIpc) is 3.15. The SMILES string of the molecule is CCOc1ccccc1NC(=O)c1cc(-c2c(C)nn(C)c2C)n[nH]1. The van der Waals surface area contributed by atoms with Gasteiger partial charge in [0.25, 0.3) is 5.91 Å². The Bertz CT molecular complexity index is 910. The number of hydrogen-bond donors (Lipinski definition) is 2. The molecule has 0 aliphatic heterocycles. The van der Waals surface area contributed by atoms with Crippen molar-refractivity contribution in [2.75, 3.05) is 11.9 Å². The first-order valence-electron chi connectivity index (χ1n) is 8.10. The van der Waals surface area contributed by atoms with Gasteiger partial charge in [-0.3, -0.25) is 14.6 Å². The highest BCUT2D eigenvalue weighted by molar-refractivity contribution is 6.04. The van der Waals surface area contributed by atoms with E-state index < -0.39 is 0 Å². The number of nitrogens with one attached hydrogen (secondary N) is 2. The van der Waals surface area contributed by atoms with Crippen molar-refractivity contribution in [1.29, 1.82) is 0 Å². The van der Waals surface area contributed by atoms with Crippen LogP contribution in [-0.4, -0.2) is 32.5 Å². The van der Waals surface area contributed by atoms with E-state index in [1.165, 1.54) is 0 Å². The van der Waals surface area contributed by atoms with Crippen LogP contribution in [0.3, 0.4) is 0 Å². The number of ether oxygens (including phenoxy) is 1. The third-order valence-corrected chi connectivity index (χ3v) is 4.02. The Morgan fingerprint density at radius 1 is 1.32 bits per heavy atom. The summed E-state index contributed by atoms with van der Waals surface area (Å²) in [5, 5.41) is 14.3. The molecule has 0 saturated carbocycles. The van der Waals surface area contributed by atoms with E-state index in [1.807, 2.05) is 46.0 Å². The maximum Gasteiger partial charge on any atom is 0.273 e. The summed E-state index contributed by atoms with van der Waals surface area (Å²) in [7, 11) is 1.89. The second-order valence-corrected chi connectivity index (χ2v) is 5.72. The number of carbonyl (C=O) groups is 1. The lowest BCUT2D eigenvalue weighted by Crippen LogP contribution is -2.13. The molecule has 7 heteroatoms. The standard InChI is InChI=1S/C18H21N5O2/c1-5-25-16-9-7-6-8-13(16)19-18(24)15-10-14(20-21-15)17-11(2)22-23(4)12(17)3/h6-10H,5H2,1-4H3,(H,19,24)(H,20,21). The number of benzene rings is 1. The molecule has 2 aromatic heterocycles. The molecule has 0 saturated heterocycles. The molecule has 3 aromatic rings. The van der Waals surface area contributed by atoms with E-state index in [0.717, 1.165) is 17.0 Å². The van der Waals surface area contributed by atoms with Crippen molar-refractivity contribution in [3.05, 3.63) is 47.4 Å². The van der Waals surface area contributed by atoms with Gasteiger partial charge in [0.2, 0.25) is 0 Å². The zero-order valence-corrected chi connectivity index (χ0v) is 14.8. The largest absolute Gasteiger partial charge is 0.492 e. The molecule has 0 unspecified atom stereocenters. The second kappa shape index (κ2) is 6.80. The zero-order valence-electron chi connectivity index (χ0n) is 14.8. The third-order valence-electron chi connectivity index (χ3n) is 4.02. The Labute approximate surface area is 146 Å². The molecule has 7 nitrogen and oxygen atoms in total. The molecule has 0 atom stereocenters. The molecule has 3 rings (SSSR count). The lowest BCUT2D eigenvalue weighted by molar-refractivity contribution is 0.102. The van der Waals surface area contributed by atoms with Gasteiger partial charge in [0.15, 0.2) is 0 Å².